The van der Waals surface area contributed by atoms with Gasteiger partial charge >= 0.3 is 5.97 Å². The van der Waals surface area contributed by atoms with Crippen LogP contribution in [0.2, 0.25) is 0 Å². The number of hydrogen-bond acceptors (Lipinski definition) is 5. The van der Waals surface area contributed by atoms with Crippen LogP contribution in [0.25, 0.3) is 0 Å². The van der Waals surface area contributed by atoms with Gasteiger partial charge < -0.3 is 14.6 Å². The van der Waals surface area contributed by atoms with E-state index in [1.54, 1.807) is 12.4 Å². The summed E-state index contributed by atoms with van der Waals surface area (Å²) in [7, 11) is 1.41. The molecule has 0 amide bonds. The molecule has 0 radical (unpaired) electrons. The van der Waals surface area contributed by atoms with Gasteiger partial charge in [0.15, 0.2) is 0 Å². The van der Waals surface area contributed by atoms with Crippen LogP contribution in [0.5, 0.6) is 5.75 Å². The number of rotatable bonds is 11. The van der Waals surface area contributed by atoms with E-state index in [1.165, 1.54) is 7.11 Å². The summed E-state index contributed by atoms with van der Waals surface area (Å²) < 4.78 is 10.3. The number of unbranched alkanes of at least 4 members (excludes halogenated alkanes) is 1. The van der Waals surface area contributed by atoms with E-state index in [9.17, 15) is 4.79 Å². The fraction of sp³-hybridized carbons (Fsp3) is 0.625. The molecule has 0 saturated carbocycles. The highest BCUT2D eigenvalue weighted by atomic mass is 16.5. The fourth-order valence-corrected chi connectivity index (χ4v) is 2.18. The maximum absolute atomic E-state index is 11.2. The van der Waals surface area contributed by atoms with Gasteiger partial charge in [-0.15, -0.1) is 0 Å². The Bertz CT molecular complexity index is 383. The number of carbonyl (C=O) groups excluding carboxylic acids is 1. The number of esters is 1. The SMILES string of the molecule is COC(=O)CC[C@@H](CCCCO)CCOc1cccnc1. The van der Waals surface area contributed by atoms with E-state index >= 15 is 0 Å². The Balaban J connectivity index is 2.31. The first-order chi connectivity index (χ1) is 10.3. The van der Waals surface area contributed by atoms with Gasteiger partial charge in [-0.1, -0.05) is 12.8 Å². The molecule has 0 fully saturated rings. The largest absolute Gasteiger partial charge is 0.492 e. The number of hydrogen-bond donors (Lipinski definition) is 1. The first-order valence-electron chi connectivity index (χ1n) is 7.46. The average molecular weight is 295 g/mol. The quantitative estimate of drug-likeness (QED) is 0.502. The first kappa shape index (κ1) is 17.4. The molecule has 1 aromatic rings. The molecule has 5 nitrogen and oxygen atoms in total. The zero-order valence-corrected chi connectivity index (χ0v) is 12.7. The number of nitrogens with zero attached hydrogens (tertiary/aromatic N) is 1. The minimum atomic E-state index is -0.171. The van der Waals surface area contributed by atoms with Crippen LogP contribution in [0.15, 0.2) is 24.5 Å². The number of aromatic nitrogens is 1. The molecule has 118 valence electrons. The first-order valence-corrected chi connectivity index (χ1v) is 7.46. The number of methoxy groups -OCH3 is 1. The van der Waals surface area contributed by atoms with Gasteiger partial charge in [0.1, 0.15) is 5.75 Å². The van der Waals surface area contributed by atoms with Crippen molar-refractivity contribution in [3.05, 3.63) is 24.5 Å². The van der Waals surface area contributed by atoms with Gasteiger partial charge in [-0.3, -0.25) is 9.78 Å². The lowest BCUT2D eigenvalue weighted by atomic mass is 9.94. The lowest BCUT2D eigenvalue weighted by Crippen LogP contribution is -2.11. The molecule has 1 rings (SSSR count). The second-order valence-corrected chi connectivity index (χ2v) is 5.03. The maximum Gasteiger partial charge on any atom is 0.305 e. The van der Waals surface area contributed by atoms with E-state index in [1.807, 2.05) is 12.1 Å². The molecule has 0 unspecified atom stereocenters. The minimum absolute atomic E-state index is 0.171. The summed E-state index contributed by atoms with van der Waals surface area (Å²) in [6, 6.07) is 3.72. The van der Waals surface area contributed by atoms with Gasteiger partial charge in [0.05, 0.1) is 19.9 Å². The molecule has 1 heterocycles. The standard InChI is InChI=1S/C16H25NO4/c1-20-16(19)8-7-14(5-2-3-11-18)9-12-21-15-6-4-10-17-13-15/h4,6,10,13-14,18H,2-3,5,7-9,11-12H2,1H3/t14-/m1/s1. The number of pyridine rings is 1. The van der Waals surface area contributed by atoms with Crippen molar-refractivity contribution in [1.82, 2.24) is 4.98 Å². The van der Waals surface area contributed by atoms with Crippen molar-refractivity contribution in [2.75, 3.05) is 20.3 Å². The molecule has 0 spiro atoms. The van der Waals surface area contributed by atoms with Crippen LogP contribution in [0.3, 0.4) is 0 Å². The van der Waals surface area contributed by atoms with E-state index in [0.29, 0.717) is 18.9 Å². The Morgan fingerprint density at radius 2 is 2.19 bits per heavy atom. The van der Waals surface area contributed by atoms with Crippen LogP contribution in [0.4, 0.5) is 0 Å². The van der Waals surface area contributed by atoms with Crippen molar-refractivity contribution >= 4 is 5.97 Å². The maximum atomic E-state index is 11.2. The van der Waals surface area contributed by atoms with Gasteiger partial charge in [-0.2, -0.15) is 0 Å². The van der Waals surface area contributed by atoms with E-state index in [0.717, 1.165) is 37.9 Å². The predicted octanol–water partition coefficient (Wildman–Crippen LogP) is 2.58. The Labute approximate surface area is 126 Å². The van der Waals surface area contributed by atoms with Crippen molar-refractivity contribution in [3.63, 3.8) is 0 Å². The highest BCUT2D eigenvalue weighted by Gasteiger charge is 2.12. The lowest BCUT2D eigenvalue weighted by Gasteiger charge is -2.16. The predicted molar refractivity (Wildman–Crippen MR) is 80.0 cm³/mol. The van der Waals surface area contributed by atoms with Crippen LogP contribution in [-0.4, -0.2) is 36.4 Å². The van der Waals surface area contributed by atoms with Crippen molar-refractivity contribution < 1.29 is 19.4 Å². The van der Waals surface area contributed by atoms with Crippen LogP contribution in [0.1, 0.15) is 38.5 Å². The molecule has 1 N–H and O–H groups in total. The van der Waals surface area contributed by atoms with E-state index in [-0.39, 0.29) is 12.6 Å². The molecular formula is C16H25NO4. The molecule has 1 atom stereocenters. The van der Waals surface area contributed by atoms with E-state index in [2.05, 4.69) is 9.72 Å². The van der Waals surface area contributed by atoms with Crippen molar-refractivity contribution in [2.24, 2.45) is 5.92 Å². The van der Waals surface area contributed by atoms with Crippen LogP contribution >= 0.6 is 0 Å². The summed E-state index contributed by atoms with van der Waals surface area (Å²) in [4.78, 5) is 15.2. The molecule has 1 aromatic heterocycles. The third kappa shape index (κ3) is 8.30. The van der Waals surface area contributed by atoms with Gasteiger partial charge in [0.2, 0.25) is 0 Å². The van der Waals surface area contributed by atoms with Gasteiger partial charge in [0.25, 0.3) is 0 Å². The lowest BCUT2D eigenvalue weighted by molar-refractivity contribution is -0.141. The molecular weight excluding hydrogens is 270 g/mol. The number of aliphatic hydroxyl groups excluding tert-OH is 1. The Morgan fingerprint density at radius 3 is 2.86 bits per heavy atom. The molecule has 0 aliphatic rings. The molecule has 5 heteroatoms. The van der Waals surface area contributed by atoms with E-state index in [4.69, 9.17) is 9.84 Å². The minimum Gasteiger partial charge on any atom is -0.492 e. The zero-order chi connectivity index (χ0) is 15.3. The normalized spacial score (nSPS) is 11.9. The molecule has 0 bridgehead atoms. The molecule has 0 aliphatic carbocycles. The summed E-state index contributed by atoms with van der Waals surface area (Å²) in [5.74, 6) is 1.00. The van der Waals surface area contributed by atoms with Gasteiger partial charge in [-0.05, 0) is 37.3 Å². The second kappa shape index (κ2) is 11.1. The topological polar surface area (TPSA) is 68.7 Å². The van der Waals surface area contributed by atoms with Gasteiger partial charge in [0, 0.05) is 19.2 Å². The van der Waals surface area contributed by atoms with Crippen LogP contribution in [0, 0.1) is 5.92 Å². The summed E-state index contributed by atoms with van der Waals surface area (Å²) in [6.45, 7) is 0.826. The van der Waals surface area contributed by atoms with Crippen molar-refractivity contribution in [2.45, 2.75) is 38.5 Å². The average Bonchev–Trinajstić information content (AvgIpc) is 2.53. The Kier molecular flexibility index (Phi) is 9.20. The summed E-state index contributed by atoms with van der Waals surface area (Å²) in [5, 5.41) is 8.85. The smallest absolute Gasteiger partial charge is 0.305 e. The monoisotopic (exact) mass is 295 g/mol. The highest BCUT2D eigenvalue weighted by molar-refractivity contribution is 5.69. The van der Waals surface area contributed by atoms with Crippen LogP contribution < -0.4 is 4.74 Å². The summed E-state index contributed by atoms with van der Waals surface area (Å²) in [6.07, 6.45) is 8.29. The Hall–Kier alpha value is -1.62. The van der Waals surface area contributed by atoms with Crippen molar-refractivity contribution in [3.8, 4) is 5.75 Å². The third-order valence-electron chi connectivity index (χ3n) is 3.43. The molecule has 0 saturated heterocycles. The number of carbonyl (C=O) groups is 1. The molecule has 0 aromatic carbocycles. The summed E-state index contributed by atoms with van der Waals surface area (Å²) >= 11 is 0. The van der Waals surface area contributed by atoms with Gasteiger partial charge in [-0.25, -0.2) is 0 Å². The highest BCUT2D eigenvalue weighted by Crippen LogP contribution is 2.20. The number of aliphatic hydroxyl groups is 1. The van der Waals surface area contributed by atoms with Crippen LogP contribution in [-0.2, 0) is 9.53 Å². The molecule has 21 heavy (non-hydrogen) atoms. The fourth-order valence-electron chi connectivity index (χ4n) is 2.18. The second-order valence-electron chi connectivity index (χ2n) is 5.03. The van der Waals surface area contributed by atoms with E-state index < -0.39 is 0 Å². The van der Waals surface area contributed by atoms with Crippen molar-refractivity contribution in [1.29, 1.82) is 0 Å². The third-order valence-corrected chi connectivity index (χ3v) is 3.43. The zero-order valence-electron chi connectivity index (χ0n) is 12.7. The Morgan fingerprint density at radius 1 is 1.33 bits per heavy atom. The summed E-state index contributed by atoms with van der Waals surface area (Å²) in [5.41, 5.74) is 0. The number of ether oxygens (including phenoxy) is 2. The molecule has 0 aliphatic heterocycles.